The number of amides is 1. The number of nitro benzene ring substituents is 1. The first kappa shape index (κ1) is 22.9. The molecule has 4 rings (SSSR count). The first-order valence-corrected chi connectivity index (χ1v) is 11.1. The number of nitrogens with one attached hydrogen (secondary N) is 1. The van der Waals surface area contributed by atoms with Gasteiger partial charge in [0.2, 0.25) is 0 Å². The maximum Gasteiger partial charge on any atom is 0.348 e. The zero-order valence-electron chi connectivity index (χ0n) is 18.3. The van der Waals surface area contributed by atoms with Gasteiger partial charge in [-0.15, -0.1) is 11.3 Å². The normalized spacial score (nSPS) is 10.8. The Hall–Kier alpha value is -4.25. The van der Waals surface area contributed by atoms with Crippen LogP contribution in [0.15, 0.2) is 54.6 Å². The Morgan fingerprint density at radius 1 is 1.18 bits per heavy atom. The van der Waals surface area contributed by atoms with Gasteiger partial charge in [0.1, 0.15) is 21.1 Å². The van der Waals surface area contributed by atoms with E-state index in [1.165, 1.54) is 29.5 Å². The van der Waals surface area contributed by atoms with E-state index in [2.05, 4.69) is 10.4 Å². The van der Waals surface area contributed by atoms with Crippen LogP contribution in [0.4, 0.5) is 11.4 Å². The van der Waals surface area contributed by atoms with Gasteiger partial charge >= 0.3 is 5.97 Å². The average molecular weight is 481 g/mol. The van der Waals surface area contributed by atoms with Gasteiger partial charge in [0.25, 0.3) is 11.6 Å². The fourth-order valence-electron chi connectivity index (χ4n) is 3.31. The Morgan fingerprint density at radius 3 is 2.65 bits per heavy atom. The molecule has 0 unspecified atom stereocenters. The van der Waals surface area contributed by atoms with Crippen molar-refractivity contribution in [3.63, 3.8) is 0 Å². The van der Waals surface area contributed by atoms with E-state index in [9.17, 15) is 19.7 Å². The highest BCUT2D eigenvalue weighted by atomic mass is 32.1. The second kappa shape index (κ2) is 9.71. The van der Waals surface area contributed by atoms with Crippen molar-refractivity contribution >= 4 is 44.8 Å². The third kappa shape index (κ3) is 4.74. The smallest absolute Gasteiger partial charge is 0.348 e. The van der Waals surface area contributed by atoms with Crippen molar-refractivity contribution in [2.75, 3.05) is 18.5 Å². The zero-order valence-corrected chi connectivity index (χ0v) is 19.1. The maximum absolute atomic E-state index is 12.6. The number of aromatic nitrogens is 2. The van der Waals surface area contributed by atoms with Gasteiger partial charge in [-0.1, -0.05) is 18.2 Å². The molecule has 1 amide bonds. The lowest BCUT2D eigenvalue weighted by Crippen LogP contribution is -2.21. The van der Waals surface area contributed by atoms with E-state index in [1.807, 2.05) is 37.3 Å². The van der Waals surface area contributed by atoms with Gasteiger partial charge in [-0.05, 0) is 44.2 Å². The van der Waals surface area contributed by atoms with E-state index in [1.54, 1.807) is 17.7 Å². The second-order valence-corrected chi connectivity index (χ2v) is 8.19. The summed E-state index contributed by atoms with van der Waals surface area (Å²) >= 11 is 1.21. The monoisotopic (exact) mass is 480 g/mol. The van der Waals surface area contributed by atoms with Crippen LogP contribution in [0.1, 0.15) is 22.3 Å². The van der Waals surface area contributed by atoms with Crippen LogP contribution in [0, 0.1) is 17.0 Å². The molecular formula is C23H20N4O6S. The number of hydrogen-bond donors (Lipinski definition) is 1. The van der Waals surface area contributed by atoms with Crippen LogP contribution in [0.2, 0.25) is 0 Å². The molecule has 2 heterocycles. The Labute approximate surface area is 197 Å². The van der Waals surface area contributed by atoms with E-state index < -0.39 is 23.4 Å². The van der Waals surface area contributed by atoms with Crippen molar-refractivity contribution in [3.8, 4) is 11.4 Å². The minimum Gasteiger partial charge on any atom is -0.494 e. The Balaban J connectivity index is 1.45. The maximum atomic E-state index is 12.6. The molecule has 10 nitrogen and oxygen atoms in total. The summed E-state index contributed by atoms with van der Waals surface area (Å²) in [5.74, 6) is -1.06. The molecule has 0 saturated carbocycles. The molecule has 0 saturated heterocycles. The predicted molar refractivity (Wildman–Crippen MR) is 127 cm³/mol. The predicted octanol–water partition coefficient (Wildman–Crippen LogP) is 4.50. The van der Waals surface area contributed by atoms with Crippen molar-refractivity contribution in [2.24, 2.45) is 0 Å². The van der Waals surface area contributed by atoms with Gasteiger partial charge in [-0.3, -0.25) is 14.9 Å². The molecule has 1 N–H and O–H groups in total. The summed E-state index contributed by atoms with van der Waals surface area (Å²) in [4.78, 5) is 36.7. The fraction of sp³-hybridized carbons (Fsp3) is 0.174. The van der Waals surface area contributed by atoms with Gasteiger partial charge in [0, 0.05) is 5.39 Å². The van der Waals surface area contributed by atoms with Gasteiger partial charge in [0.15, 0.2) is 6.61 Å². The third-order valence-corrected chi connectivity index (χ3v) is 5.92. The number of benzene rings is 2. The van der Waals surface area contributed by atoms with E-state index in [-0.39, 0.29) is 11.4 Å². The van der Waals surface area contributed by atoms with Crippen molar-refractivity contribution in [1.29, 1.82) is 0 Å². The van der Waals surface area contributed by atoms with Crippen LogP contribution in [0.3, 0.4) is 0 Å². The third-order valence-electron chi connectivity index (χ3n) is 4.83. The summed E-state index contributed by atoms with van der Waals surface area (Å²) < 4.78 is 12.2. The highest BCUT2D eigenvalue weighted by molar-refractivity contribution is 7.20. The number of fused-ring (bicyclic) bond motifs is 1. The molecule has 0 bridgehead atoms. The van der Waals surface area contributed by atoms with Crippen molar-refractivity contribution in [3.05, 3.63) is 75.3 Å². The minimum absolute atomic E-state index is 0.0186. The van der Waals surface area contributed by atoms with Crippen LogP contribution in [-0.4, -0.2) is 39.8 Å². The number of hydrogen-bond acceptors (Lipinski definition) is 8. The van der Waals surface area contributed by atoms with E-state index in [0.29, 0.717) is 17.2 Å². The topological polar surface area (TPSA) is 126 Å². The molecule has 174 valence electrons. The van der Waals surface area contributed by atoms with E-state index in [4.69, 9.17) is 9.47 Å². The summed E-state index contributed by atoms with van der Waals surface area (Å²) in [6.07, 6.45) is 0. The molecule has 0 fully saturated rings. The standard InChI is InChI=1S/C23H20N4O6S/c1-3-32-16-9-10-18(19(11-16)27(30)31)24-21(28)13-33-23(29)20-12-17-14(2)25-26(22(17)34-20)15-7-5-4-6-8-15/h4-12H,3,13H2,1-2H3,(H,24,28). The number of thiophene rings is 1. The molecule has 11 heteroatoms. The number of nitro groups is 1. The van der Waals surface area contributed by atoms with Crippen LogP contribution in [0.25, 0.3) is 15.9 Å². The highest BCUT2D eigenvalue weighted by Gasteiger charge is 2.21. The van der Waals surface area contributed by atoms with Gasteiger partial charge in [-0.25, -0.2) is 9.48 Å². The summed E-state index contributed by atoms with van der Waals surface area (Å²) in [5, 5.41) is 19.1. The van der Waals surface area contributed by atoms with E-state index in [0.717, 1.165) is 21.6 Å². The van der Waals surface area contributed by atoms with E-state index >= 15 is 0 Å². The molecule has 2 aromatic carbocycles. The van der Waals surface area contributed by atoms with Gasteiger partial charge in [-0.2, -0.15) is 5.10 Å². The number of rotatable bonds is 8. The summed E-state index contributed by atoms with van der Waals surface area (Å²) in [7, 11) is 0. The lowest BCUT2D eigenvalue weighted by Gasteiger charge is -2.08. The number of anilines is 1. The molecule has 2 aromatic heterocycles. The summed E-state index contributed by atoms with van der Waals surface area (Å²) in [6.45, 7) is 3.35. The number of ether oxygens (including phenoxy) is 2. The molecule has 0 atom stereocenters. The van der Waals surface area contributed by atoms with Crippen LogP contribution < -0.4 is 10.1 Å². The minimum atomic E-state index is -0.701. The number of aryl methyl sites for hydroxylation is 1. The molecule has 0 aliphatic heterocycles. The molecule has 34 heavy (non-hydrogen) atoms. The van der Waals surface area contributed by atoms with Gasteiger partial charge < -0.3 is 14.8 Å². The first-order chi connectivity index (χ1) is 16.4. The average Bonchev–Trinajstić information content (AvgIpc) is 3.40. The van der Waals surface area contributed by atoms with Crippen molar-refractivity contribution in [2.45, 2.75) is 13.8 Å². The largest absolute Gasteiger partial charge is 0.494 e. The SMILES string of the molecule is CCOc1ccc(NC(=O)COC(=O)c2cc3c(C)nn(-c4ccccc4)c3s2)c([N+](=O)[O-])c1. The Kier molecular flexibility index (Phi) is 6.55. The molecule has 0 aliphatic rings. The highest BCUT2D eigenvalue weighted by Crippen LogP contribution is 2.31. The fourth-order valence-corrected chi connectivity index (χ4v) is 4.38. The van der Waals surface area contributed by atoms with Crippen molar-refractivity contribution < 1.29 is 24.0 Å². The number of nitrogens with zero attached hydrogens (tertiary/aromatic N) is 3. The first-order valence-electron chi connectivity index (χ1n) is 10.3. The number of esters is 1. The second-order valence-electron chi connectivity index (χ2n) is 7.16. The quantitative estimate of drug-likeness (QED) is 0.224. The molecule has 0 aliphatic carbocycles. The molecule has 4 aromatic rings. The van der Waals surface area contributed by atoms with Crippen LogP contribution in [-0.2, 0) is 9.53 Å². The Morgan fingerprint density at radius 2 is 1.94 bits per heavy atom. The molecule has 0 spiro atoms. The van der Waals surface area contributed by atoms with Crippen LogP contribution in [0.5, 0.6) is 5.75 Å². The van der Waals surface area contributed by atoms with Crippen LogP contribution >= 0.6 is 11.3 Å². The zero-order chi connectivity index (χ0) is 24.2. The summed E-state index contributed by atoms with van der Waals surface area (Å²) in [6, 6.07) is 15.3. The lowest BCUT2D eigenvalue weighted by molar-refractivity contribution is -0.384. The van der Waals surface area contributed by atoms with Gasteiger partial charge in [0.05, 0.1) is 29.0 Å². The number of carbonyl (C=O) groups excluding carboxylic acids is 2. The summed E-state index contributed by atoms with van der Waals surface area (Å²) in [5.41, 5.74) is 1.28. The Bertz CT molecular complexity index is 1380. The molecular weight excluding hydrogens is 460 g/mol. The molecule has 0 radical (unpaired) electrons. The number of carbonyl (C=O) groups is 2. The lowest BCUT2D eigenvalue weighted by atomic mass is 10.2. The van der Waals surface area contributed by atoms with Crippen molar-refractivity contribution in [1.82, 2.24) is 9.78 Å². The number of para-hydroxylation sites is 1.